The zero-order valence-electron chi connectivity index (χ0n) is 9.90. The van der Waals surface area contributed by atoms with Gasteiger partial charge < -0.3 is 0 Å². The number of hydrogen-bond acceptors (Lipinski definition) is 1. The molecule has 0 fully saturated rings. The fourth-order valence-corrected chi connectivity index (χ4v) is 1.62. The lowest BCUT2D eigenvalue weighted by Crippen LogP contribution is -2.09. The number of alkyl halides is 3. The van der Waals surface area contributed by atoms with Gasteiger partial charge in [0.25, 0.3) is 0 Å². The zero-order chi connectivity index (χ0) is 13.1. The van der Waals surface area contributed by atoms with Crippen LogP contribution in [0.4, 0.5) is 13.2 Å². The molecule has 0 atom stereocenters. The van der Waals surface area contributed by atoms with E-state index in [9.17, 15) is 18.0 Å². The van der Waals surface area contributed by atoms with Crippen LogP contribution in [0, 0.1) is 13.8 Å². The maximum Gasteiger partial charge on any atom is 0.389 e. The van der Waals surface area contributed by atoms with E-state index in [0.717, 1.165) is 11.1 Å². The molecule has 94 valence electrons. The molecule has 0 aromatic heterocycles. The van der Waals surface area contributed by atoms with E-state index < -0.39 is 12.6 Å². The van der Waals surface area contributed by atoms with Gasteiger partial charge in [-0.05, 0) is 31.9 Å². The third-order valence-corrected chi connectivity index (χ3v) is 2.56. The standard InChI is InChI=1S/C13H15F3O/c1-9-5-6-10(2)11(8-9)12(17)4-3-7-13(14,15)16/h5-6,8H,3-4,7H2,1-2H3. The van der Waals surface area contributed by atoms with Gasteiger partial charge >= 0.3 is 6.18 Å². The summed E-state index contributed by atoms with van der Waals surface area (Å²) < 4.78 is 35.8. The molecule has 17 heavy (non-hydrogen) atoms. The molecule has 0 aliphatic rings. The number of carbonyl (C=O) groups is 1. The van der Waals surface area contributed by atoms with Crippen molar-refractivity contribution in [1.82, 2.24) is 0 Å². The predicted molar refractivity (Wildman–Crippen MR) is 60.2 cm³/mol. The van der Waals surface area contributed by atoms with E-state index in [2.05, 4.69) is 0 Å². The van der Waals surface area contributed by atoms with Crippen molar-refractivity contribution in [2.75, 3.05) is 0 Å². The van der Waals surface area contributed by atoms with E-state index in [0.29, 0.717) is 5.56 Å². The maximum atomic E-state index is 11.9. The van der Waals surface area contributed by atoms with Crippen LogP contribution in [0.25, 0.3) is 0 Å². The predicted octanol–water partition coefficient (Wildman–Crippen LogP) is 4.22. The molecule has 1 aromatic carbocycles. The molecular formula is C13H15F3O. The van der Waals surface area contributed by atoms with E-state index in [1.807, 2.05) is 19.1 Å². The average Bonchev–Trinajstić information content (AvgIpc) is 2.19. The first-order valence-electron chi connectivity index (χ1n) is 5.47. The fourth-order valence-electron chi connectivity index (χ4n) is 1.62. The highest BCUT2D eigenvalue weighted by atomic mass is 19.4. The molecule has 0 radical (unpaired) electrons. The van der Waals surface area contributed by atoms with Gasteiger partial charge in [-0.1, -0.05) is 17.7 Å². The van der Waals surface area contributed by atoms with Crippen molar-refractivity contribution in [3.05, 3.63) is 34.9 Å². The summed E-state index contributed by atoms with van der Waals surface area (Å²) in [5.74, 6) is -0.213. The Hall–Kier alpha value is -1.32. The Bertz CT molecular complexity index is 408. The summed E-state index contributed by atoms with van der Waals surface area (Å²) in [7, 11) is 0. The van der Waals surface area contributed by atoms with Crippen LogP contribution in [-0.4, -0.2) is 12.0 Å². The Morgan fingerprint density at radius 2 is 1.88 bits per heavy atom. The summed E-state index contributed by atoms with van der Waals surface area (Å²) in [6.45, 7) is 3.64. The smallest absolute Gasteiger partial charge is 0.294 e. The molecule has 0 saturated carbocycles. The third-order valence-electron chi connectivity index (χ3n) is 2.56. The molecule has 0 N–H and O–H groups in total. The minimum Gasteiger partial charge on any atom is -0.294 e. The Morgan fingerprint density at radius 3 is 2.47 bits per heavy atom. The Morgan fingerprint density at radius 1 is 1.24 bits per heavy atom. The van der Waals surface area contributed by atoms with Crippen LogP contribution in [0.1, 0.15) is 40.7 Å². The molecule has 0 unspecified atom stereocenters. The molecule has 1 aromatic rings. The first-order valence-corrected chi connectivity index (χ1v) is 5.47. The van der Waals surface area contributed by atoms with E-state index in [1.165, 1.54) is 0 Å². The first kappa shape index (κ1) is 13.7. The summed E-state index contributed by atoms with van der Waals surface area (Å²) in [5, 5.41) is 0. The molecular weight excluding hydrogens is 229 g/mol. The van der Waals surface area contributed by atoms with Crippen molar-refractivity contribution >= 4 is 5.78 Å². The number of benzene rings is 1. The van der Waals surface area contributed by atoms with Crippen LogP contribution in [0.15, 0.2) is 18.2 Å². The number of hydrogen-bond donors (Lipinski definition) is 0. The molecule has 1 rings (SSSR count). The molecule has 0 bridgehead atoms. The van der Waals surface area contributed by atoms with Crippen molar-refractivity contribution in [2.45, 2.75) is 39.3 Å². The molecule has 0 amide bonds. The number of aryl methyl sites for hydroxylation is 2. The van der Waals surface area contributed by atoms with Crippen molar-refractivity contribution in [1.29, 1.82) is 0 Å². The summed E-state index contributed by atoms with van der Waals surface area (Å²) in [4.78, 5) is 11.7. The molecule has 0 saturated heterocycles. The van der Waals surface area contributed by atoms with E-state index in [1.54, 1.807) is 13.0 Å². The number of ketones is 1. The Balaban J connectivity index is 2.61. The van der Waals surface area contributed by atoms with Gasteiger partial charge in [0.15, 0.2) is 5.78 Å². The second kappa shape index (κ2) is 5.34. The van der Waals surface area contributed by atoms with Gasteiger partial charge in [0.1, 0.15) is 0 Å². The lowest BCUT2D eigenvalue weighted by molar-refractivity contribution is -0.135. The molecule has 0 spiro atoms. The second-order valence-electron chi connectivity index (χ2n) is 4.21. The molecule has 0 aliphatic carbocycles. The minimum atomic E-state index is -4.18. The van der Waals surface area contributed by atoms with Crippen LogP contribution in [0.2, 0.25) is 0 Å². The minimum absolute atomic E-state index is 0.0518. The average molecular weight is 244 g/mol. The summed E-state index contributed by atoms with van der Waals surface area (Å²) in [6.07, 6.45) is -5.27. The van der Waals surface area contributed by atoms with Crippen molar-refractivity contribution < 1.29 is 18.0 Å². The van der Waals surface area contributed by atoms with Gasteiger partial charge in [-0.25, -0.2) is 0 Å². The topological polar surface area (TPSA) is 17.1 Å². The molecule has 1 nitrogen and oxygen atoms in total. The molecule has 0 aliphatic heterocycles. The molecule has 0 heterocycles. The summed E-state index contributed by atoms with van der Waals surface area (Å²) in [5.41, 5.74) is 2.29. The van der Waals surface area contributed by atoms with E-state index >= 15 is 0 Å². The quantitative estimate of drug-likeness (QED) is 0.725. The van der Waals surface area contributed by atoms with Crippen molar-refractivity contribution in [3.63, 3.8) is 0 Å². The third kappa shape index (κ3) is 4.59. The normalized spacial score (nSPS) is 11.6. The highest BCUT2D eigenvalue weighted by molar-refractivity contribution is 5.97. The number of rotatable bonds is 4. The Labute approximate surface area is 98.6 Å². The van der Waals surface area contributed by atoms with Gasteiger partial charge in [-0.3, -0.25) is 4.79 Å². The van der Waals surface area contributed by atoms with Crippen LogP contribution in [0.5, 0.6) is 0 Å². The number of halogens is 3. The van der Waals surface area contributed by atoms with Gasteiger partial charge in [0.05, 0.1) is 0 Å². The van der Waals surface area contributed by atoms with E-state index in [4.69, 9.17) is 0 Å². The lowest BCUT2D eigenvalue weighted by atomic mass is 9.99. The van der Waals surface area contributed by atoms with Crippen LogP contribution in [-0.2, 0) is 0 Å². The monoisotopic (exact) mass is 244 g/mol. The number of carbonyl (C=O) groups excluding carboxylic acids is 1. The first-order chi connectivity index (χ1) is 7.79. The SMILES string of the molecule is Cc1ccc(C)c(C(=O)CCCC(F)(F)F)c1. The van der Waals surface area contributed by atoms with Gasteiger partial charge in [-0.2, -0.15) is 13.2 Å². The van der Waals surface area contributed by atoms with Gasteiger partial charge in [0.2, 0.25) is 0 Å². The van der Waals surface area contributed by atoms with E-state index in [-0.39, 0.29) is 18.6 Å². The summed E-state index contributed by atoms with van der Waals surface area (Å²) >= 11 is 0. The Kier molecular flexibility index (Phi) is 4.32. The second-order valence-corrected chi connectivity index (χ2v) is 4.21. The van der Waals surface area contributed by atoms with Crippen LogP contribution >= 0.6 is 0 Å². The van der Waals surface area contributed by atoms with Gasteiger partial charge in [-0.15, -0.1) is 0 Å². The van der Waals surface area contributed by atoms with Gasteiger partial charge in [0, 0.05) is 18.4 Å². The maximum absolute atomic E-state index is 11.9. The summed E-state index contributed by atoms with van der Waals surface area (Å²) in [6, 6.07) is 5.42. The number of Topliss-reactive ketones (excluding diaryl/α,β-unsaturated/α-hetero) is 1. The highest BCUT2D eigenvalue weighted by Crippen LogP contribution is 2.23. The van der Waals surface area contributed by atoms with Crippen molar-refractivity contribution in [2.24, 2.45) is 0 Å². The zero-order valence-corrected chi connectivity index (χ0v) is 9.90. The van der Waals surface area contributed by atoms with Crippen molar-refractivity contribution in [3.8, 4) is 0 Å². The molecule has 4 heteroatoms. The largest absolute Gasteiger partial charge is 0.389 e. The van der Waals surface area contributed by atoms with Crippen LogP contribution in [0.3, 0.4) is 0 Å². The lowest BCUT2D eigenvalue weighted by Gasteiger charge is -2.07. The fraction of sp³-hybridized carbons (Fsp3) is 0.462. The highest BCUT2D eigenvalue weighted by Gasteiger charge is 2.26. The van der Waals surface area contributed by atoms with Crippen LogP contribution < -0.4 is 0 Å².